The molecule has 4 heterocycles. The van der Waals surface area contributed by atoms with Gasteiger partial charge in [-0.2, -0.15) is 5.10 Å². The molecule has 3 unspecified atom stereocenters. The number of pyridine rings is 1. The fourth-order valence-corrected chi connectivity index (χ4v) is 4.50. The first-order valence-electron chi connectivity index (χ1n) is 9.64. The van der Waals surface area contributed by atoms with E-state index in [9.17, 15) is 9.59 Å². The summed E-state index contributed by atoms with van der Waals surface area (Å²) < 4.78 is 2.19. The molecule has 0 spiro atoms. The molecule has 154 valence electrons. The maximum Gasteiger partial charge on any atom is 0.248 e. The minimum absolute atomic E-state index is 0.0196. The van der Waals surface area contributed by atoms with Crippen LogP contribution in [0, 0.1) is 5.92 Å². The van der Waals surface area contributed by atoms with Gasteiger partial charge >= 0.3 is 0 Å². The summed E-state index contributed by atoms with van der Waals surface area (Å²) >= 11 is 3.30. The molecule has 1 aliphatic carbocycles. The molecule has 5 rings (SSSR count). The molecule has 1 aliphatic heterocycles. The molecule has 0 aromatic carbocycles. The number of carbonyl (C=O) groups is 2. The summed E-state index contributed by atoms with van der Waals surface area (Å²) in [5.41, 5.74) is 0.577. The number of nitrogens with one attached hydrogen (secondary N) is 2. The Labute approximate surface area is 180 Å². The van der Waals surface area contributed by atoms with Crippen molar-refractivity contribution in [3.8, 4) is 0 Å². The number of nitrogens with zero attached hydrogens (tertiary/aromatic N) is 6. The van der Waals surface area contributed by atoms with Gasteiger partial charge in [0.1, 0.15) is 35.2 Å². The van der Waals surface area contributed by atoms with Crippen molar-refractivity contribution in [1.82, 2.24) is 29.6 Å². The Morgan fingerprint density at radius 2 is 2.13 bits per heavy atom. The Balaban J connectivity index is 1.35. The number of amides is 2. The smallest absolute Gasteiger partial charge is 0.248 e. The van der Waals surface area contributed by atoms with Gasteiger partial charge in [-0.3, -0.25) is 9.59 Å². The largest absolute Gasteiger partial charge is 0.372 e. The Morgan fingerprint density at radius 3 is 2.93 bits per heavy atom. The Bertz CT molecular complexity index is 1150. The van der Waals surface area contributed by atoms with Gasteiger partial charge in [0.05, 0.1) is 11.6 Å². The number of hydrogen-bond acceptors (Lipinski definition) is 7. The van der Waals surface area contributed by atoms with E-state index in [4.69, 9.17) is 0 Å². The quantitative estimate of drug-likeness (QED) is 0.544. The highest BCUT2D eigenvalue weighted by Gasteiger charge is 2.56. The number of fused-ring (bicyclic) bond motifs is 2. The average molecular weight is 471 g/mol. The van der Waals surface area contributed by atoms with Crippen molar-refractivity contribution >= 4 is 50.4 Å². The zero-order chi connectivity index (χ0) is 20.8. The first kappa shape index (κ1) is 18.9. The van der Waals surface area contributed by atoms with Gasteiger partial charge in [-0.1, -0.05) is 6.07 Å². The number of carbonyl (C=O) groups excluding carboxylic acids is 2. The van der Waals surface area contributed by atoms with Crippen LogP contribution in [0.3, 0.4) is 0 Å². The minimum atomic E-state index is -0.508. The average Bonchev–Trinajstić information content (AvgIpc) is 3.20. The number of hydrogen-bond donors (Lipinski definition) is 2. The lowest BCUT2D eigenvalue weighted by atomic mass is 10.1. The molecule has 1 saturated carbocycles. The van der Waals surface area contributed by atoms with Crippen molar-refractivity contribution in [3.63, 3.8) is 0 Å². The third kappa shape index (κ3) is 3.28. The predicted molar refractivity (Wildman–Crippen MR) is 113 cm³/mol. The fraction of sp³-hybridized carbons (Fsp3) is 0.368. The second kappa shape index (κ2) is 7.31. The van der Waals surface area contributed by atoms with Crippen LogP contribution in [0.2, 0.25) is 0 Å². The van der Waals surface area contributed by atoms with Crippen LogP contribution in [0.5, 0.6) is 0 Å². The molecule has 1 saturated heterocycles. The number of likely N-dealkylation sites (tertiary alicyclic amines) is 1. The van der Waals surface area contributed by atoms with Crippen molar-refractivity contribution in [2.24, 2.45) is 5.92 Å². The second-order valence-electron chi connectivity index (χ2n) is 7.46. The van der Waals surface area contributed by atoms with Crippen molar-refractivity contribution in [2.45, 2.75) is 31.5 Å². The Hall–Kier alpha value is -3.08. The monoisotopic (exact) mass is 470 g/mol. The Kier molecular flexibility index (Phi) is 4.61. The summed E-state index contributed by atoms with van der Waals surface area (Å²) in [6.07, 6.45) is 4.69. The number of aromatic nitrogens is 5. The van der Waals surface area contributed by atoms with E-state index in [1.807, 2.05) is 0 Å². The summed E-state index contributed by atoms with van der Waals surface area (Å²) in [6, 6.07) is 4.92. The van der Waals surface area contributed by atoms with Gasteiger partial charge in [0.15, 0.2) is 5.65 Å². The summed E-state index contributed by atoms with van der Waals surface area (Å²) in [4.78, 5) is 40.4. The van der Waals surface area contributed by atoms with Crippen molar-refractivity contribution in [3.05, 3.63) is 35.3 Å². The molecule has 30 heavy (non-hydrogen) atoms. The van der Waals surface area contributed by atoms with Gasteiger partial charge in [0, 0.05) is 13.1 Å². The van der Waals surface area contributed by atoms with E-state index in [-0.39, 0.29) is 24.4 Å². The molecule has 3 aromatic rings. The van der Waals surface area contributed by atoms with Gasteiger partial charge < -0.3 is 15.5 Å². The zero-order valence-electron chi connectivity index (χ0n) is 16.1. The summed E-state index contributed by atoms with van der Waals surface area (Å²) in [5, 5.41) is 10.9. The van der Waals surface area contributed by atoms with Crippen LogP contribution in [0.15, 0.2) is 35.3 Å². The third-order valence-corrected chi connectivity index (χ3v) is 6.06. The SMILES string of the molecule is CNc1ncnc2c1cnn2CC(=O)N1C(C(=O)Nc2cccc(Br)n2)CC2CC21. The molecule has 2 N–H and O–H groups in total. The molecule has 11 heteroatoms. The molecule has 2 amide bonds. The van der Waals surface area contributed by atoms with Gasteiger partial charge in [-0.15, -0.1) is 0 Å². The molecule has 2 fully saturated rings. The van der Waals surface area contributed by atoms with E-state index in [2.05, 4.69) is 46.6 Å². The molecule has 3 aromatic heterocycles. The van der Waals surface area contributed by atoms with Crippen molar-refractivity contribution < 1.29 is 9.59 Å². The summed E-state index contributed by atoms with van der Waals surface area (Å²) in [7, 11) is 1.77. The molecule has 2 aliphatic rings. The number of halogens is 1. The van der Waals surface area contributed by atoms with Crippen LogP contribution in [0.25, 0.3) is 11.0 Å². The first-order chi connectivity index (χ1) is 14.5. The topological polar surface area (TPSA) is 118 Å². The number of anilines is 2. The lowest BCUT2D eigenvalue weighted by molar-refractivity contribution is -0.138. The first-order valence-corrected chi connectivity index (χ1v) is 10.4. The highest BCUT2D eigenvalue weighted by molar-refractivity contribution is 9.10. The number of piperidine rings is 1. The molecular formula is C19H19BrN8O2. The van der Waals surface area contributed by atoms with Gasteiger partial charge in [-0.25, -0.2) is 19.6 Å². The van der Waals surface area contributed by atoms with E-state index >= 15 is 0 Å². The van der Waals surface area contributed by atoms with Crippen molar-refractivity contribution in [1.29, 1.82) is 0 Å². The summed E-state index contributed by atoms with van der Waals surface area (Å²) in [6.45, 7) is 0.0196. The zero-order valence-corrected chi connectivity index (χ0v) is 17.7. The van der Waals surface area contributed by atoms with Gasteiger partial charge in [0.25, 0.3) is 0 Å². The lowest BCUT2D eigenvalue weighted by Crippen LogP contribution is -2.46. The highest BCUT2D eigenvalue weighted by Crippen LogP contribution is 2.48. The van der Waals surface area contributed by atoms with Gasteiger partial charge in [0.2, 0.25) is 11.8 Å². The second-order valence-corrected chi connectivity index (χ2v) is 8.27. The maximum atomic E-state index is 13.2. The van der Waals surface area contributed by atoms with Crippen LogP contribution < -0.4 is 10.6 Å². The summed E-state index contributed by atoms with van der Waals surface area (Å²) in [5.74, 6) is 1.13. The van der Waals surface area contributed by atoms with E-state index < -0.39 is 6.04 Å². The van der Waals surface area contributed by atoms with E-state index in [0.717, 1.165) is 11.8 Å². The van der Waals surface area contributed by atoms with Crippen LogP contribution >= 0.6 is 15.9 Å². The van der Waals surface area contributed by atoms with Crippen LogP contribution in [-0.2, 0) is 16.1 Å². The van der Waals surface area contributed by atoms with E-state index in [1.165, 1.54) is 6.33 Å². The fourth-order valence-electron chi connectivity index (χ4n) is 4.15. The van der Waals surface area contributed by atoms with Crippen LogP contribution in [0.4, 0.5) is 11.6 Å². The normalized spacial score (nSPS) is 22.1. The lowest BCUT2D eigenvalue weighted by Gasteiger charge is -2.26. The van der Waals surface area contributed by atoms with Crippen molar-refractivity contribution in [2.75, 3.05) is 17.7 Å². The van der Waals surface area contributed by atoms with E-state index in [1.54, 1.807) is 41.0 Å². The maximum absolute atomic E-state index is 13.2. The Morgan fingerprint density at radius 1 is 1.27 bits per heavy atom. The molecule has 3 atom stereocenters. The predicted octanol–water partition coefficient (Wildman–Crippen LogP) is 1.65. The third-order valence-electron chi connectivity index (χ3n) is 5.62. The highest BCUT2D eigenvalue weighted by atomic mass is 79.9. The van der Waals surface area contributed by atoms with Gasteiger partial charge in [-0.05, 0) is 46.8 Å². The van der Waals surface area contributed by atoms with Crippen LogP contribution in [0.1, 0.15) is 12.8 Å². The molecule has 0 radical (unpaired) electrons. The molecule has 10 nitrogen and oxygen atoms in total. The molecular weight excluding hydrogens is 452 g/mol. The van der Waals surface area contributed by atoms with Crippen LogP contribution in [-0.4, -0.2) is 60.6 Å². The molecule has 0 bridgehead atoms. The van der Waals surface area contributed by atoms with E-state index in [0.29, 0.717) is 34.2 Å². The standard InChI is InChI=1S/C19H19BrN8O2/c1-21-17-11-7-24-27(18(11)23-9-22-17)8-16(29)28-12-5-10(12)6-13(28)19(30)26-15-4-2-3-14(20)25-15/h2-4,7,9-10,12-13H,5-6,8H2,1H3,(H,21,22,23)(H,25,26,30). The number of rotatable bonds is 5. The minimum Gasteiger partial charge on any atom is -0.372 e.